The van der Waals surface area contributed by atoms with Gasteiger partial charge in [-0.3, -0.25) is 0 Å². The van der Waals surface area contributed by atoms with Crippen molar-refractivity contribution in [3.63, 3.8) is 0 Å². The van der Waals surface area contributed by atoms with Gasteiger partial charge < -0.3 is 10.5 Å². The zero-order valence-electron chi connectivity index (χ0n) is 9.54. The highest BCUT2D eigenvalue weighted by atomic mass is 16.5. The Morgan fingerprint density at radius 2 is 1.80 bits per heavy atom. The number of rotatable bonds is 7. The lowest BCUT2D eigenvalue weighted by Crippen LogP contribution is -1.98. The second-order valence-corrected chi connectivity index (χ2v) is 3.76. The molecular weight excluding hydrogens is 186 g/mol. The number of nitrogens with two attached hydrogens (primary N) is 1. The van der Waals surface area contributed by atoms with Gasteiger partial charge in [-0.25, -0.2) is 0 Å². The lowest BCUT2D eigenvalue weighted by Gasteiger charge is -2.07. The van der Waals surface area contributed by atoms with E-state index in [4.69, 9.17) is 10.5 Å². The average Bonchev–Trinajstić information content (AvgIpc) is 2.29. The molecule has 0 aliphatic rings. The summed E-state index contributed by atoms with van der Waals surface area (Å²) in [5.41, 5.74) is 6.76. The van der Waals surface area contributed by atoms with Gasteiger partial charge in [0.25, 0.3) is 0 Å². The highest BCUT2D eigenvalue weighted by Gasteiger charge is 2.00. The van der Waals surface area contributed by atoms with Crippen molar-refractivity contribution >= 4 is 0 Å². The van der Waals surface area contributed by atoms with Crippen LogP contribution in [0.25, 0.3) is 0 Å². The molecule has 0 amide bonds. The van der Waals surface area contributed by atoms with Crippen LogP contribution in [0, 0.1) is 0 Å². The molecule has 0 aliphatic carbocycles. The van der Waals surface area contributed by atoms with Crippen molar-refractivity contribution < 1.29 is 4.74 Å². The van der Waals surface area contributed by atoms with E-state index in [0.717, 1.165) is 25.1 Å². The van der Waals surface area contributed by atoms with Crippen LogP contribution in [0.3, 0.4) is 0 Å². The molecule has 0 atom stereocenters. The fourth-order valence-electron chi connectivity index (χ4n) is 1.72. The third-order valence-electron chi connectivity index (χ3n) is 2.59. The Balaban J connectivity index is 2.30. The fourth-order valence-corrected chi connectivity index (χ4v) is 1.72. The van der Waals surface area contributed by atoms with Crippen LogP contribution in [-0.2, 0) is 6.42 Å². The summed E-state index contributed by atoms with van der Waals surface area (Å²) in [5.74, 6) is 1.01. The van der Waals surface area contributed by atoms with Crippen LogP contribution in [0.15, 0.2) is 24.3 Å². The van der Waals surface area contributed by atoms with E-state index in [1.165, 1.54) is 24.8 Å². The summed E-state index contributed by atoms with van der Waals surface area (Å²) < 4.78 is 5.30. The van der Waals surface area contributed by atoms with Crippen LogP contribution in [-0.4, -0.2) is 13.7 Å². The number of para-hydroxylation sites is 1. The Morgan fingerprint density at radius 3 is 2.53 bits per heavy atom. The summed E-state index contributed by atoms with van der Waals surface area (Å²) in [5, 5.41) is 0. The van der Waals surface area contributed by atoms with Gasteiger partial charge in [0.15, 0.2) is 0 Å². The van der Waals surface area contributed by atoms with E-state index in [1.807, 2.05) is 12.1 Å². The number of methoxy groups -OCH3 is 1. The Bertz CT molecular complexity index is 273. The molecule has 0 saturated carbocycles. The maximum atomic E-state index is 5.45. The molecule has 2 heteroatoms. The molecule has 1 aromatic rings. The maximum absolute atomic E-state index is 5.45. The molecule has 0 spiro atoms. The number of unbranched alkanes of at least 4 members (excludes halogenated alkanes) is 3. The van der Waals surface area contributed by atoms with Crippen molar-refractivity contribution in [2.75, 3.05) is 13.7 Å². The smallest absolute Gasteiger partial charge is 0.122 e. The first-order valence-electron chi connectivity index (χ1n) is 5.70. The fraction of sp³-hybridized carbons (Fsp3) is 0.538. The van der Waals surface area contributed by atoms with E-state index in [-0.39, 0.29) is 0 Å². The molecule has 0 fully saturated rings. The SMILES string of the molecule is COc1ccccc1CCCCCCN. The monoisotopic (exact) mass is 207 g/mol. The van der Waals surface area contributed by atoms with E-state index < -0.39 is 0 Å². The highest BCUT2D eigenvalue weighted by Crippen LogP contribution is 2.19. The number of hydrogen-bond donors (Lipinski definition) is 1. The molecule has 0 aliphatic heterocycles. The molecule has 0 radical (unpaired) electrons. The standard InChI is InChI=1S/C13H21NO/c1-15-13-10-6-5-9-12(13)8-4-2-3-7-11-14/h5-6,9-10H,2-4,7-8,11,14H2,1H3. The first-order chi connectivity index (χ1) is 7.38. The zero-order valence-corrected chi connectivity index (χ0v) is 9.54. The van der Waals surface area contributed by atoms with Gasteiger partial charge >= 0.3 is 0 Å². The van der Waals surface area contributed by atoms with Gasteiger partial charge in [-0.1, -0.05) is 31.0 Å². The third kappa shape index (κ3) is 4.34. The Hall–Kier alpha value is -1.02. The Morgan fingerprint density at radius 1 is 1.07 bits per heavy atom. The number of hydrogen-bond acceptors (Lipinski definition) is 2. The van der Waals surface area contributed by atoms with Gasteiger partial charge in [-0.15, -0.1) is 0 Å². The lowest BCUT2D eigenvalue weighted by atomic mass is 10.1. The molecule has 0 unspecified atom stereocenters. The zero-order chi connectivity index (χ0) is 10.9. The van der Waals surface area contributed by atoms with Crippen LogP contribution < -0.4 is 10.5 Å². The number of ether oxygens (including phenoxy) is 1. The van der Waals surface area contributed by atoms with Gasteiger partial charge in [0, 0.05) is 0 Å². The van der Waals surface area contributed by atoms with Gasteiger partial charge in [-0.05, 0) is 37.4 Å². The van der Waals surface area contributed by atoms with Crippen molar-refractivity contribution in [3.05, 3.63) is 29.8 Å². The maximum Gasteiger partial charge on any atom is 0.122 e. The molecule has 0 bridgehead atoms. The number of aryl methyl sites for hydroxylation is 1. The van der Waals surface area contributed by atoms with E-state index in [2.05, 4.69) is 12.1 Å². The first kappa shape index (κ1) is 12.1. The Labute approximate surface area is 92.4 Å². The second-order valence-electron chi connectivity index (χ2n) is 3.76. The van der Waals surface area contributed by atoms with Crippen molar-refractivity contribution in [1.82, 2.24) is 0 Å². The van der Waals surface area contributed by atoms with Crippen LogP contribution in [0.4, 0.5) is 0 Å². The van der Waals surface area contributed by atoms with Crippen LogP contribution in [0.1, 0.15) is 31.2 Å². The summed E-state index contributed by atoms with van der Waals surface area (Å²) in [7, 11) is 1.73. The first-order valence-corrected chi connectivity index (χ1v) is 5.70. The van der Waals surface area contributed by atoms with Gasteiger partial charge in [0.2, 0.25) is 0 Å². The summed E-state index contributed by atoms with van der Waals surface area (Å²) in [4.78, 5) is 0. The topological polar surface area (TPSA) is 35.2 Å². The second kappa shape index (κ2) is 7.30. The van der Waals surface area contributed by atoms with E-state index in [9.17, 15) is 0 Å². The molecular formula is C13H21NO. The molecule has 1 aromatic carbocycles. The minimum atomic E-state index is 0.814. The van der Waals surface area contributed by atoms with Gasteiger partial charge in [0.05, 0.1) is 7.11 Å². The van der Waals surface area contributed by atoms with Crippen molar-refractivity contribution in [3.8, 4) is 5.75 Å². The molecule has 15 heavy (non-hydrogen) atoms. The molecule has 1 rings (SSSR count). The van der Waals surface area contributed by atoms with Crippen molar-refractivity contribution in [1.29, 1.82) is 0 Å². The summed E-state index contributed by atoms with van der Waals surface area (Å²) in [6.45, 7) is 0.814. The van der Waals surface area contributed by atoms with Crippen molar-refractivity contribution in [2.24, 2.45) is 5.73 Å². The summed E-state index contributed by atoms with van der Waals surface area (Å²) in [6, 6.07) is 8.24. The van der Waals surface area contributed by atoms with E-state index >= 15 is 0 Å². The van der Waals surface area contributed by atoms with Crippen LogP contribution in [0.5, 0.6) is 5.75 Å². The lowest BCUT2D eigenvalue weighted by molar-refractivity contribution is 0.408. The van der Waals surface area contributed by atoms with Crippen LogP contribution >= 0.6 is 0 Å². The molecule has 0 aromatic heterocycles. The molecule has 0 saturated heterocycles. The van der Waals surface area contributed by atoms with E-state index in [1.54, 1.807) is 7.11 Å². The minimum absolute atomic E-state index is 0.814. The normalized spacial score (nSPS) is 10.3. The van der Waals surface area contributed by atoms with Crippen molar-refractivity contribution in [2.45, 2.75) is 32.1 Å². The molecule has 84 valence electrons. The predicted molar refractivity (Wildman–Crippen MR) is 64.2 cm³/mol. The molecule has 0 heterocycles. The molecule has 2 N–H and O–H groups in total. The minimum Gasteiger partial charge on any atom is -0.496 e. The summed E-state index contributed by atoms with van der Waals surface area (Å²) >= 11 is 0. The van der Waals surface area contributed by atoms with Gasteiger partial charge in [-0.2, -0.15) is 0 Å². The number of benzene rings is 1. The largest absolute Gasteiger partial charge is 0.496 e. The summed E-state index contributed by atoms with van der Waals surface area (Å²) in [6.07, 6.45) is 5.97. The van der Waals surface area contributed by atoms with Crippen LogP contribution in [0.2, 0.25) is 0 Å². The average molecular weight is 207 g/mol. The molecule has 2 nitrogen and oxygen atoms in total. The predicted octanol–water partition coefficient (Wildman–Crippen LogP) is 2.76. The third-order valence-corrected chi connectivity index (χ3v) is 2.59. The van der Waals surface area contributed by atoms with E-state index in [0.29, 0.717) is 0 Å². The highest BCUT2D eigenvalue weighted by molar-refractivity contribution is 5.33. The quantitative estimate of drug-likeness (QED) is 0.698. The Kier molecular flexibility index (Phi) is 5.86. The van der Waals surface area contributed by atoms with Gasteiger partial charge in [0.1, 0.15) is 5.75 Å².